The van der Waals surface area contributed by atoms with Gasteiger partial charge in [0.2, 0.25) is 0 Å². The van der Waals surface area contributed by atoms with E-state index < -0.39 is 0 Å². The van der Waals surface area contributed by atoms with Crippen molar-refractivity contribution in [2.75, 3.05) is 0 Å². The van der Waals surface area contributed by atoms with Crippen molar-refractivity contribution in [3.63, 3.8) is 0 Å². The van der Waals surface area contributed by atoms with Crippen molar-refractivity contribution < 1.29 is 19.1 Å². The van der Waals surface area contributed by atoms with Crippen LogP contribution in [0.25, 0.3) is 0 Å². The number of ether oxygens (including phenoxy) is 2. The quantitative estimate of drug-likeness (QED) is 0.347. The SMILES string of the molecule is O=C1CCC(C[Te][Te]CC2CCC(=O)O2)O1. The zero-order chi connectivity index (χ0) is 11.4. The van der Waals surface area contributed by atoms with Crippen LogP contribution < -0.4 is 0 Å². The summed E-state index contributed by atoms with van der Waals surface area (Å²) in [6.07, 6.45) is 3.53. The molecular formula is C10H14O4Te2. The molecule has 2 atom stereocenters. The van der Waals surface area contributed by atoms with Crippen molar-refractivity contribution in [2.24, 2.45) is 0 Å². The Labute approximate surface area is 111 Å². The Balaban J connectivity index is 1.52. The molecule has 0 aromatic rings. The third kappa shape index (κ3) is 4.07. The molecule has 0 N–H and O–H groups in total. The molecule has 6 heteroatoms. The fourth-order valence-corrected chi connectivity index (χ4v) is 13.9. The Morgan fingerprint density at radius 2 is 1.38 bits per heavy atom. The average molecular weight is 453 g/mol. The van der Waals surface area contributed by atoms with E-state index in [2.05, 4.69) is 0 Å². The molecule has 0 saturated carbocycles. The van der Waals surface area contributed by atoms with E-state index in [0.717, 1.165) is 21.8 Å². The van der Waals surface area contributed by atoms with Gasteiger partial charge in [-0.05, 0) is 0 Å². The molecule has 2 unspecified atom stereocenters. The molecule has 0 spiro atoms. The molecule has 0 bridgehead atoms. The predicted octanol–water partition coefficient (Wildman–Crippen LogP) is 0.558. The van der Waals surface area contributed by atoms with Gasteiger partial charge >= 0.3 is 112 Å². The summed E-state index contributed by atoms with van der Waals surface area (Å²) in [6.45, 7) is 0. The molecular weight excluding hydrogens is 439 g/mol. The van der Waals surface area contributed by atoms with Gasteiger partial charge in [-0.15, -0.1) is 0 Å². The first-order chi connectivity index (χ1) is 7.74. The van der Waals surface area contributed by atoms with Gasteiger partial charge in [0.25, 0.3) is 0 Å². The summed E-state index contributed by atoms with van der Waals surface area (Å²) in [7, 11) is 0. The zero-order valence-corrected chi connectivity index (χ0v) is 13.5. The molecule has 2 aliphatic rings. The van der Waals surface area contributed by atoms with Crippen molar-refractivity contribution in [1.29, 1.82) is 0 Å². The summed E-state index contributed by atoms with van der Waals surface area (Å²) in [5.74, 6) is -0.0504. The predicted molar refractivity (Wildman–Crippen MR) is 59.4 cm³/mol. The third-order valence-corrected chi connectivity index (χ3v) is 14.3. The second kappa shape index (κ2) is 6.45. The Morgan fingerprint density at radius 1 is 0.938 bits per heavy atom. The molecule has 0 amide bonds. The van der Waals surface area contributed by atoms with E-state index >= 15 is 0 Å². The molecule has 0 aromatic carbocycles. The first kappa shape index (κ1) is 13.0. The normalized spacial score (nSPS) is 29.2. The zero-order valence-electron chi connectivity index (χ0n) is 8.85. The summed E-state index contributed by atoms with van der Waals surface area (Å²) >= 11 is 0.0948. The number of esters is 2. The van der Waals surface area contributed by atoms with Gasteiger partial charge in [-0.1, -0.05) is 0 Å². The van der Waals surface area contributed by atoms with E-state index in [1.165, 1.54) is 0 Å². The fraction of sp³-hybridized carbons (Fsp3) is 0.800. The van der Waals surface area contributed by atoms with Crippen LogP contribution in [0.2, 0.25) is 8.94 Å². The van der Waals surface area contributed by atoms with E-state index in [4.69, 9.17) is 9.47 Å². The Hall–Kier alpha value is 0.519. The molecule has 90 valence electrons. The van der Waals surface area contributed by atoms with Gasteiger partial charge in [0.15, 0.2) is 0 Å². The minimum atomic E-state index is -0.0252. The summed E-state index contributed by atoms with van der Waals surface area (Å²) in [6, 6.07) is 0. The van der Waals surface area contributed by atoms with Crippen LogP contribution in [0.4, 0.5) is 0 Å². The van der Waals surface area contributed by atoms with Crippen LogP contribution in [0.15, 0.2) is 0 Å². The monoisotopic (exact) mass is 458 g/mol. The van der Waals surface area contributed by atoms with E-state index in [0.29, 0.717) is 12.8 Å². The van der Waals surface area contributed by atoms with Crippen LogP contribution in [-0.4, -0.2) is 58.3 Å². The van der Waals surface area contributed by atoms with Gasteiger partial charge in [0, 0.05) is 0 Å². The molecule has 4 nitrogen and oxygen atoms in total. The first-order valence-electron chi connectivity index (χ1n) is 5.37. The summed E-state index contributed by atoms with van der Waals surface area (Å²) in [5, 5.41) is 0. The van der Waals surface area contributed by atoms with Gasteiger partial charge in [-0.25, -0.2) is 0 Å². The standard InChI is InChI=1S/C10H14O4Te2/c11-9-3-1-7(13-9)5-15-16-6-8-2-4-10(12)14-8/h7-8H,1-6H2. The molecule has 2 fully saturated rings. The number of carbonyl (C=O) groups is 2. The van der Waals surface area contributed by atoms with E-state index in [-0.39, 0.29) is 58.3 Å². The Kier molecular flexibility index (Phi) is 5.23. The van der Waals surface area contributed by atoms with Gasteiger partial charge in [0.05, 0.1) is 0 Å². The topological polar surface area (TPSA) is 52.6 Å². The Bertz CT molecular complexity index is 254. The summed E-state index contributed by atoms with van der Waals surface area (Å²) < 4.78 is 12.6. The van der Waals surface area contributed by atoms with Gasteiger partial charge in [-0.2, -0.15) is 0 Å². The van der Waals surface area contributed by atoms with Gasteiger partial charge in [0.1, 0.15) is 0 Å². The molecule has 2 heterocycles. The molecule has 2 aliphatic heterocycles. The molecule has 0 radical (unpaired) electrons. The summed E-state index contributed by atoms with van der Waals surface area (Å²) in [4.78, 5) is 21.8. The molecule has 0 aliphatic carbocycles. The number of hydrogen-bond donors (Lipinski definition) is 0. The van der Waals surface area contributed by atoms with Gasteiger partial charge < -0.3 is 0 Å². The molecule has 0 aromatic heterocycles. The third-order valence-electron chi connectivity index (χ3n) is 2.53. The fourth-order valence-electron chi connectivity index (χ4n) is 1.65. The number of carbonyl (C=O) groups excluding carboxylic acids is 2. The van der Waals surface area contributed by atoms with Crippen molar-refractivity contribution in [1.82, 2.24) is 0 Å². The van der Waals surface area contributed by atoms with Crippen LogP contribution in [0.5, 0.6) is 0 Å². The van der Waals surface area contributed by atoms with Crippen LogP contribution in [0, 0.1) is 0 Å². The van der Waals surface area contributed by atoms with E-state index in [1.807, 2.05) is 0 Å². The Morgan fingerprint density at radius 3 is 1.69 bits per heavy atom. The average Bonchev–Trinajstić information content (AvgIpc) is 2.83. The maximum absolute atomic E-state index is 10.9. The van der Waals surface area contributed by atoms with Crippen molar-refractivity contribution in [3.8, 4) is 0 Å². The van der Waals surface area contributed by atoms with Crippen molar-refractivity contribution >= 4 is 46.1 Å². The molecule has 2 rings (SSSR count). The molecule has 2 saturated heterocycles. The van der Waals surface area contributed by atoms with Crippen molar-refractivity contribution in [3.05, 3.63) is 0 Å². The second-order valence-electron chi connectivity index (χ2n) is 3.87. The number of rotatable bonds is 5. The van der Waals surface area contributed by atoms with Crippen LogP contribution in [0.1, 0.15) is 25.7 Å². The van der Waals surface area contributed by atoms with E-state index in [9.17, 15) is 9.59 Å². The van der Waals surface area contributed by atoms with Crippen LogP contribution >= 0.6 is 0 Å². The van der Waals surface area contributed by atoms with Crippen molar-refractivity contribution in [2.45, 2.75) is 46.8 Å². The first-order valence-corrected chi connectivity index (χ1v) is 16.0. The van der Waals surface area contributed by atoms with Gasteiger partial charge in [-0.3, -0.25) is 0 Å². The van der Waals surface area contributed by atoms with Crippen LogP contribution in [-0.2, 0) is 19.1 Å². The van der Waals surface area contributed by atoms with Crippen LogP contribution in [0.3, 0.4) is 0 Å². The number of cyclic esters (lactones) is 2. The second-order valence-corrected chi connectivity index (χ2v) is 16.1. The number of hydrogen-bond acceptors (Lipinski definition) is 4. The van der Waals surface area contributed by atoms with E-state index in [1.54, 1.807) is 0 Å². The maximum atomic E-state index is 10.9. The minimum absolute atomic E-state index is 0.0252. The summed E-state index contributed by atoms with van der Waals surface area (Å²) in [5.41, 5.74) is 0. The molecule has 16 heavy (non-hydrogen) atoms.